The van der Waals surface area contributed by atoms with Gasteiger partial charge >= 0.3 is 5.97 Å². The fourth-order valence-corrected chi connectivity index (χ4v) is 1.91. The highest BCUT2D eigenvalue weighted by Crippen LogP contribution is 2.20. The molecule has 2 rings (SSSR count). The maximum atomic E-state index is 11.1. The number of nitrogens with zero attached hydrogens (tertiary/aromatic N) is 1. The molecule has 0 radical (unpaired) electrons. The summed E-state index contributed by atoms with van der Waals surface area (Å²) >= 11 is 0. The fraction of sp³-hybridized carbons (Fsp3) is 0.500. The minimum atomic E-state index is -0.952. The minimum absolute atomic E-state index is 0.224. The number of carbonyl (C=O) groups is 1. The van der Waals surface area contributed by atoms with Crippen molar-refractivity contribution in [2.24, 2.45) is 0 Å². The van der Waals surface area contributed by atoms with E-state index >= 15 is 0 Å². The van der Waals surface area contributed by atoms with Gasteiger partial charge in [0, 0.05) is 31.1 Å². The fourth-order valence-electron chi connectivity index (χ4n) is 1.91. The number of pyridine rings is 1. The maximum Gasteiger partial charge on any atom is 0.339 e. The van der Waals surface area contributed by atoms with Crippen LogP contribution in [0.3, 0.4) is 0 Å². The second kappa shape index (κ2) is 5.14. The number of ether oxygens (including phenoxy) is 1. The van der Waals surface area contributed by atoms with E-state index < -0.39 is 5.97 Å². The molecule has 2 heterocycles. The molecule has 0 amide bonds. The van der Waals surface area contributed by atoms with Gasteiger partial charge in [-0.15, -0.1) is 0 Å². The first-order valence-corrected chi connectivity index (χ1v) is 5.71. The van der Waals surface area contributed by atoms with Crippen molar-refractivity contribution in [3.8, 4) is 0 Å². The smallest absolute Gasteiger partial charge is 0.339 e. The van der Waals surface area contributed by atoms with E-state index in [1.165, 1.54) is 6.20 Å². The van der Waals surface area contributed by atoms with Gasteiger partial charge in [0.1, 0.15) is 5.56 Å². The van der Waals surface area contributed by atoms with Crippen molar-refractivity contribution >= 4 is 11.7 Å². The Labute approximate surface area is 99.8 Å². The van der Waals surface area contributed by atoms with Crippen LogP contribution in [0, 0.1) is 6.92 Å². The van der Waals surface area contributed by atoms with E-state index in [9.17, 15) is 4.79 Å². The van der Waals surface area contributed by atoms with Crippen LogP contribution in [0.15, 0.2) is 12.3 Å². The third kappa shape index (κ3) is 2.94. The van der Waals surface area contributed by atoms with Crippen LogP contribution < -0.4 is 5.32 Å². The standard InChI is InChI=1S/C12H16N2O3/c1-8-6-11(10(7-13-8)12(15)16)14-9-2-4-17-5-3-9/h6-7,9H,2-5H2,1H3,(H,13,14)(H,15,16). The number of aromatic carboxylic acids is 1. The van der Waals surface area contributed by atoms with E-state index in [0.717, 1.165) is 31.7 Å². The summed E-state index contributed by atoms with van der Waals surface area (Å²) in [5, 5.41) is 12.4. The lowest BCUT2D eigenvalue weighted by atomic mass is 10.1. The van der Waals surface area contributed by atoms with Crippen LogP contribution in [-0.2, 0) is 4.74 Å². The van der Waals surface area contributed by atoms with Gasteiger partial charge in [-0.05, 0) is 25.8 Å². The first kappa shape index (κ1) is 11.9. The summed E-state index contributed by atoms with van der Waals surface area (Å²) in [6.07, 6.45) is 3.21. The quantitative estimate of drug-likeness (QED) is 0.835. The van der Waals surface area contributed by atoms with Crippen LogP contribution in [-0.4, -0.2) is 35.3 Å². The number of nitrogens with one attached hydrogen (secondary N) is 1. The highest BCUT2D eigenvalue weighted by molar-refractivity contribution is 5.93. The molecule has 0 spiro atoms. The van der Waals surface area contributed by atoms with Gasteiger partial charge in [-0.3, -0.25) is 4.98 Å². The van der Waals surface area contributed by atoms with E-state index in [0.29, 0.717) is 5.69 Å². The van der Waals surface area contributed by atoms with Crippen LogP contribution in [0.5, 0.6) is 0 Å². The molecule has 1 aromatic heterocycles. The van der Waals surface area contributed by atoms with Gasteiger partial charge in [-0.1, -0.05) is 0 Å². The van der Waals surface area contributed by atoms with Crippen molar-refractivity contribution in [1.82, 2.24) is 4.98 Å². The number of aryl methyl sites for hydroxylation is 1. The van der Waals surface area contributed by atoms with Crippen molar-refractivity contribution in [2.45, 2.75) is 25.8 Å². The molecule has 1 aliphatic rings. The van der Waals surface area contributed by atoms with E-state index in [1.807, 2.05) is 6.92 Å². The molecule has 0 unspecified atom stereocenters. The van der Waals surface area contributed by atoms with Crippen molar-refractivity contribution in [3.05, 3.63) is 23.5 Å². The largest absolute Gasteiger partial charge is 0.478 e. The van der Waals surface area contributed by atoms with Crippen molar-refractivity contribution in [1.29, 1.82) is 0 Å². The lowest BCUT2D eigenvalue weighted by molar-refractivity contribution is 0.0697. The number of aromatic nitrogens is 1. The predicted molar refractivity (Wildman–Crippen MR) is 63.4 cm³/mol. The highest BCUT2D eigenvalue weighted by atomic mass is 16.5. The second-order valence-electron chi connectivity index (χ2n) is 4.21. The third-order valence-corrected chi connectivity index (χ3v) is 2.85. The number of anilines is 1. The van der Waals surface area contributed by atoms with E-state index in [-0.39, 0.29) is 11.6 Å². The molecule has 92 valence electrons. The zero-order valence-corrected chi connectivity index (χ0v) is 9.77. The minimum Gasteiger partial charge on any atom is -0.478 e. The summed E-state index contributed by atoms with van der Waals surface area (Å²) in [5.74, 6) is -0.952. The van der Waals surface area contributed by atoms with Gasteiger partial charge in [-0.25, -0.2) is 4.79 Å². The Morgan fingerprint density at radius 1 is 1.53 bits per heavy atom. The second-order valence-corrected chi connectivity index (χ2v) is 4.21. The molecule has 5 heteroatoms. The summed E-state index contributed by atoms with van der Waals surface area (Å²) in [5.41, 5.74) is 1.68. The molecule has 1 aromatic rings. The Bertz CT molecular complexity index is 414. The molecular formula is C12H16N2O3. The maximum absolute atomic E-state index is 11.1. The number of rotatable bonds is 3. The molecule has 0 aromatic carbocycles. The lowest BCUT2D eigenvalue weighted by Crippen LogP contribution is -2.28. The molecule has 1 fully saturated rings. The molecule has 17 heavy (non-hydrogen) atoms. The first-order chi connectivity index (χ1) is 8.16. The molecular weight excluding hydrogens is 220 g/mol. The SMILES string of the molecule is Cc1cc(NC2CCOCC2)c(C(=O)O)cn1. The summed E-state index contributed by atoms with van der Waals surface area (Å²) in [6.45, 7) is 3.30. The highest BCUT2D eigenvalue weighted by Gasteiger charge is 2.17. The number of hydrogen-bond donors (Lipinski definition) is 2. The molecule has 1 saturated heterocycles. The topological polar surface area (TPSA) is 71.5 Å². The molecule has 0 bridgehead atoms. The average molecular weight is 236 g/mol. The Morgan fingerprint density at radius 3 is 2.88 bits per heavy atom. The number of hydrogen-bond acceptors (Lipinski definition) is 4. The molecule has 0 atom stereocenters. The van der Waals surface area contributed by atoms with E-state index in [2.05, 4.69) is 10.3 Å². The lowest BCUT2D eigenvalue weighted by Gasteiger charge is -2.24. The van der Waals surface area contributed by atoms with Crippen molar-refractivity contribution in [2.75, 3.05) is 18.5 Å². The zero-order chi connectivity index (χ0) is 12.3. The summed E-state index contributed by atoms with van der Waals surface area (Å²) in [7, 11) is 0. The van der Waals surface area contributed by atoms with Crippen LogP contribution in [0.4, 0.5) is 5.69 Å². The molecule has 2 N–H and O–H groups in total. The zero-order valence-electron chi connectivity index (χ0n) is 9.77. The summed E-state index contributed by atoms with van der Waals surface area (Å²) < 4.78 is 5.27. The van der Waals surface area contributed by atoms with Gasteiger partial charge < -0.3 is 15.2 Å². The van der Waals surface area contributed by atoms with Crippen LogP contribution in [0.2, 0.25) is 0 Å². The normalized spacial score (nSPS) is 16.8. The Morgan fingerprint density at radius 2 is 2.24 bits per heavy atom. The molecule has 5 nitrogen and oxygen atoms in total. The van der Waals surface area contributed by atoms with Gasteiger partial charge in [0.15, 0.2) is 0 Å². The Hall–Kier alpha value is -1.62. The van der Waals surface area contributed by atoms with Crippen LogP contribution in [0.25, 0.3) is 0 Å². The predicted octanol–water partition coefficient (Wildman–Crippen LogP) is 1.68. The third-order valence-electron chi connectivity index (χ3n) is 2.85. The summed E-state index contributed by atoms with van der Waals surface area (Å²) in [6, 6.07) is 2.06. The van der Waals surface area contributed by atoms with Gasteiger partial charge in [0.05, 0.1) is 5.69 Å². The number of carboxylic acid groups (broad SMARTS) is 1. The monoisotopic (exact) mass is 236 g/mol. The van der Waals surface area contributed by atoms with Gasteiger partial charge in [0.2, 0.25) is 0 Å². The Balaban J connectivity index is 2.17. The van der Waals surface area contributed by atoms with Crippen molar-refractivity contribution < 1.29 is 14.6 Å². The molecule has 0 saturated carbocycles. The Kier molecular flexibility index (Phi) is 3.58. The van der Waals surface area contributed by atoms with E-state index in [4.69, 9.17) is 9.84 Å². The van der Waals surface area contributed by atoms with Gasteiger partial charge in [0.25, 0.3) is 0 Å². The van der Waals surface area contributed by atoms with Gasteiger partial charge in [-0.2, -0.15) is 0 Å². The van der Waals surface area contributed by atoms with Crippen molar-refractivity contribution in [3.63, 3.8) is 0 Å². The molecule has 1 aliphatic heterocycles. The van der Waals surface area contributed by atoms with Crippen LogP contribution in [0.1, 0.15) is 28.9 Å². The van der Waals surface area contributed by atoms with E-state index in [1.54, 1.807) is 6.07 Å². The molecule has 0 aliphatic carbocycles. The van der Waals surface area contributed by atoms with Crippen LogP contribution >= 0.6 is 0 Å². The average Bonchev–Trinajstić information content (AvgIpc) is 2.30. The number of carboxylic acids is 1. The first-order valence-electron chi connectivity index (χ1n) is 5.71. The summed E-state index contributed by atoms with van der Waals surface area (Å²) in [4.78, 5) is 15.1.